The fourth-order valence-corrected chi connectivity index (χ4v) is 1.87. The summed E-state index contributed by atoms with van der Waals surface area (Å²) >= 11 is 0.943. The van der Waals surface area contributed by atoms with Crippen molar-refractivity contribution >= 4 is 28.9 Å². The summed E-state index contributed by atoms with van der Waals surface area (Å²) < 4.78 is 1.18. The number of carbonyl (C=O) groups is 1. The number of hydrogen-bond acceptors (Lipinski definition) is 5. The van der Waals surface area contributed by atoms with Crippen LogP contribution in [0.5, 0.6) is 0 Å². The zero-order chi connectivity index (χ0) is 12.6. The number of nitrogens with zero attached hydrogens (tertiary/aromatic N) is 2. The van der Waals surface area contributed by atoms with Gasteiger partial charge in [-0.3, -0.25) is 19.1 Å². The molecule has 9 heteroatoms. The Morgan fingerprint density at radius 2 is 2.18 bits per heavy atom. The van der Waals surface area contributed by atoms with Gasteiger partial charge in [-0.05, 0) is 0 Å². The molecule has 0 unspecified atom stereocenters. The summed E-state index contributed by atoms with van der Waals surface area (Å²) in [5.74, 6) is -1.16. The molecule has 2 rings (SSSR count). The van der Waals surface area contributed by atoms with Crippen molar-refractivity contribution in [1.82, 2.24) is 19.5 Å². The number of aryl methyl sites for hydroxylation is 1. The lowest BCUT2D eigenvalue weighted by molar-refractivity contribution is -0.133. The lowest BCUT2D eigenvalue weighted by atomic mass is 10.5. The Hall–Kier alpha value is -2.03. The second kappa shape index (κ2) is 4.09. The third kappa shape index (κ3) is 2.09. The maximum Gasteiger partial charge on any atom is 0.329 e. The number of carboxylic acids is 1. The van der Waals surface area contributed by atoms with E-state index in [4.69, 9.17) is 5.11 Å². The van der Waals surface area contributed by atoms with Crippen LogP contribution < -0.4 is 11.2 Å². The molecule has 0 bridgehead atoms. The van der Waals surface area contributed by atoms with Crippen LogP contribution in [-0.4, -0.2) is 36.3 Å². The minimum Gasteiger partial charge on any atom is -0.481 e. The molecule has 0 aliphatic heterocycles. The van der Waals surface area contributed by atoms with Gasteiger partial charge in [0.1, 0.15) is 0 Å². The van der Waals surface area contributed by atoms with Crippen molar-refractivity contribution in [2.24, 2.45) is 7.05 Å². The number of thioether (sulfide) groups is 1. The number of imidazole rings is 1. The van der Waals surface area contributed by atoms with Crippen molar-refractivity contribution in [3.8, 4) is 0 Å². The molecule has 0 aromatic carbocycles. The average molecular weight is 256 g/mol. The molecule has 0 saturated carbocycles. The third-order valence-corrected chi connectivity index (χ3v) is 2.92. The first-order valence-electron chi connectivity index (χ1n) is 4.52. The van der Waals surface area contributed by atoms with E-state index in [0.29, 0.717) is 0 Å². The second-order valence-electron chi connectivity index (χ2n) is 3.24. The van der Waals surface area contributed by atoms with E-state index in [-0.39, 0.29) is 22.1 Å². The molecule has 0 radical (unpaired) electrons. The number of nitrogens with one attached hydrogen (secondary N) is 2. The number of H-pyrrole nitrogens is 2. The van der Waals surface area contributed by atoms with Crippen molar-refractivity contribution in [3.05, 3.63) is 20.8 Å². The minimum absolute atomic E-state index is 0.153. The van der Waals surface area contributed by atoms with Crippen LogP contribution in [-0.2, 0) is 11.8 Å². The van der Waals surface area contributed by atoms with Crippen LogP contribution in [0.2, 0.25) is 0 Å². The normalized spacial score (nSPS) is 10.9. The predicted octanol–water partition coefficient (Wildman–Crippen LogP) is -0.873. The number of carboxylic acid groups (broad SMARTS) is 1. The van der Waals surface area contributed by atoms with Gasteiger partial charge in [0.15, 0.2) is 16.3 Å². The summed E-state index contributed by atoms with van der Waals surface area (Å²) in [6.07, 6.45) is 0. The maximum absolute atomic E-state index is 11.4. The van der Waals surface area contributed by atoms with Gasteiger partial charge in [0.2, 0.25) is 0 Å². The van der Waals surface area contributed by atoms with Gasteiger partial charge in [0.25, 0.3) is 5.56 Å². The van der Waals surface area contributed by atoms with Crippen molar-refractivity contribution < 1.29 is 9.90 Å². The molecule has 90 valence electrons. The first-order chi connectivity index (χ1) is 7.99. The first kappa shape index (κ1) is 11.5. The highest BCUT2D eigenvalue weighted by molar-refractivity contribution is 7.99. The van der Waals surface area contributed by atoms with E-state index >= 15 is 0 Å². The van der Waals surface area contributed by atoms with Gasteiger partial charge in [-0.1, -0.05) is 11.8 Å². The number of fused-ring (bicyclic) bond motifs is 1. The molecule has 0 amide bonds. The van der Waals surface area contributed by atoms with Crippen molar-refractivity contribution in [3.63, 3.8) is 0 Å². The molecule has 0 aliphatic rings. The highest BCUT2D eigenvalue weighted by Crippen LogP contribution is 2.15. The van der Waals surface area contributed by atoms with Gasteiger partial charge >= 0.3 is 11.7 Å². The summed E-state index contributed by atoms with van der Waals surface area (Å²) in [5, 5.41) is 8.80. The van der Waals surface area contributed by atoms with Crippen LogP contribution in [0.3, 0.4) is 0 Å². The lowest BCUT2D eigenvalue weighted by Gasteiger charge is -1.94. The summed E-state index contributed by atoms with van der Waals surface area (Å²) in [6, 6.07) is 0. The molecule has 0 spiro atoms. The summed E-state index contributed by atoms with van der Waals surface area (Å²) in [7, 11) is 1.47. The van der Waals surface area contributed by atoms with Crippen molar-refractivity contribution in [1.29, 1.82) is 0 Å². The molecule has 0 saturated heterocycles. The zero-order valence-electron chi connectivity index (χ0n) is 8.68. The van der Waals surface area contributed by atoms with E-state index in [1.54, 1.807) is 0 Å². The topological polar surface area (TPSA) is 121 Å². The average Bonchev–Trinajstić information content (AvgIpc) is 2.68. The van der Waals surface area contributed by atoms with Gasteiger partial charge in [0, 0.05) is 7.05 Å². The molecule has 0 atom stereocenters. The molecule has 8 nitrogen and oxygen atoms in total. The molecule has 0 aliphatic carbocycles. The number of aliphatic carboxylic acids is 1. The van der Waals surface area contributed by atoms with E-state index in [0.717, 1.165) is 11.8 Å². The molecule has 0 fully saturated rings. The fourth-order valence-electron chi connectivity index (χ4n) is 1.28. The fraction of sp³-hybridized carbons (Fsp3) is 0.250. The van der Waals surface area contributed by atoms with E-state index in [2.05, 4.69) is 15.0 Å². The number of rotatable bonds is 3. The van der Waals surface area contributed by atoms with Gasteiger partial charge in [0.05, 0.1) is 5.75 Å². The summed E-state index contributed by atoms with van der Waals surface area (Å²) in [5.41, 5.74) is -0.784. The predicted molar refractivity (Wildman–Crippen MR) is 60.3 cm³/mol. The molecule has 2 heterocycles. The quantitative estimate of drug-likeness (QED) is 0.613. The Morgan fingerprint density at radius 1 is 1.47 bits per heavy atom. The highest BCUT2D eigenvalue weighted by Gasteiger charge is 2.11. The third-order valence-electron chi connectivity index (χ3n) is 2.07. The smallest absolute Gasteiger partial charge is 0.329 e. The maximum atomic E-state index is 11.4. The molecule has 3 N–H and O–H groups in total. The highest BCUT2D eigenvalue weighted by atomic mass is 32.2. The Kier molecular flexibility index (Phi) is 2.76. The first-order valence-corrected chi connectivity index (χ1v) is 5.51. The number of hydrogen-bond donors (Lipinski definition) is 3. The SMILES string of the molecule is Cn1c(=O)[nH]c(=O)c2[nH]c(SCC(=O)O)nc21. The number of aromatic nitrogens is 4. The molecule has 2 aromatic heterocycles. The van der Waals surface area contributed by atoms with E-state index in [1.165, 1.54) is 11.6 Å². The monoisotopic (exact) mass is 256 g/mol. The van der Waals surface area contributed by atoms with Crippen LogP contribution in [0, 0.1) is 0 Å². The van der Waals surface area contributed by atoms with Gasteiger partial charge in [-0.15, -0.1) is 0 Å². The number of aromatic amines is 2. The standard InChI is InChI=1S/C8H8N4O4S/c1-12-5-4(6(15)11-8(12)16)9-7(10-5)17-2-3(13)14/h2H2,1H3,(H,9,10)(H,13,14)(H,11,15,16). The Morgan fingerprint density at radius 3 is 2.82 bits per heavy atom. The Bertz CT molecular complexity index is 698. The van der Waals surface area contributed by atoms with Crippen LogP contribution in [0.1, 0.15) is 0 Å². The van der Waals surface area contributed by atoms with Gasteiger partial charge in [-0.2, -0.15) is 0 Å². The minimum atomic E-state index is -0.988. The van der Waals surface area contributed by atoms with Crippen LogP contribution in [0.4, 0.5) is 0 Å². The van der Waals surface area contributed by atoms with Crippen LogP contribution in [0.15, 0.2) is 14.7 Å². The van der Waals surface area contributed by atoms with Gasteiger partial charge in [-0.25, -0.2) is 9.78 Å². The summed E-state index contributed by atoms with van der Waals surface area (Å²) in [4.78, 5) is 41.9. The zero-order valence-corrected chi connectivity index (χ0v) is 9.50. The molecular formula is C8H8N4O4S. The Balaban J connectivity index is 2.54. The second-order valence-corrected chi connectivity index (χ2v) is 4.21. The molecule has 17 heavy (non-hydrogen) atoms. The molecular weight excluding hydrogens is 248 g/mol. The van der Waals surface area contributed by atoms with E-state index in [9.17, 15) is 14.4 Å². The molecule has 2 aromatic rings. The summed E-state index contributed by atoms with van der Waals surface area (Å²) in [6.45, 7) is 0. The lowest BCUT2D eigenvalue weighted by Crippen LogP contribution is -2.28. The van der Waals surface area contributed by atoms with E-state index < -0.39 is 17.2 Å². The van der Waals surface area contributed by atoms with Crippen molar-refractivity contribution in [2.75, 3.05) is 5.75 Å². The van der Waals surface area contributed by atoms with Crippen LogP contribution in [0.25, 0.3) is 11.2 Å². The Labute approximate surface area is 97.7 Å². The largest absolute Gasteiger partial charge is 0.481 e. The van der Waals surface area contributed by atoms with Crippen LogP contribution >= 0.6 is 11.8 Å². The van der Waals surface area contributed by atoms with Crippen molar-refractivity contribution in [2.45, 2.75) is 5.16 Å². The van der Waals surface area contributed by atoms with E-state index in [1.807, 2.05) is 0 Å². The van der Waals surface area contributed by atoms with Gasteiger partial charge < -0.3 is 10.1 Å².